The summed E-state index contributed by atoms with van der Waals surface area (Å²) >= 11 is 0. The summed E-state index contributed by atoms with van der Waals surface area (Å²) in [6.45, 7) is 3.78. The molecule has 3 rings (SSSR count). The van der Waals surface area contributed by atoms with Gasteiger partial charge in [-0.25, -0.2) is 9.63 Å². The average Bonchev–Trinajstić information content (AvgIpc) is 2.75. The van der Waals surface area contributed by atoms with Crippen molar-refractivity contribution in [1.82, 2.24) is 4.83 Å². The Balaban J connectivity index is 1.58. The Morgan fingerprint density at radius 1 is 0.903 bits per heavy atom. The highest BCUT2D eigenvalue weighted by atomic mass is 32.2. The van der Waals surface area contributed by atoms with Gasteiger partial charge in [0.2, 0.25) is 0 Å². The van der Waals surface area contributed by atoms with Gasteiger partial charge >= 0.3 is 5.97 Å². The Kier molecular flexibility index (Phi) is 7.04. The third kappa shape index (κ3) is 6.42. The van der Waals surface area contributed by atoms with E-state index in [4.69, 9.17) is 9.47 Å². The van der Waals surface area contributed by atoms with Gasteiger partial charge in [0, 0.05) is 0 Å². The smallest absolute Gasteiger partial charge is 0.343 e. The van der Waals surface area contributed by atoms with Gasteiger partial charge < -0.3 is 9.47 Å². The molecule has 7 nitrogen and oxygen atoms in total. The lowest BCUT2D eigenvalue weighted by atomic mass is 10.2. The second-order valence-electron chi connectivity index (χ2n) is 6.82. The molecule has 3 aromatic rings. The molecule has 0 atom stereocenters. The van der Waals surface area contributed by atoms with Crippen LogP contribution in [0, 0.1) is 0 Å². The van der Waals surface area contributed by atoms with Gasteiger partial charge in [-0.1, -0.05) is 18.2 Å². The molecule has 0 unspecified atom stereocenters. The molecule has 0 aromatic heterocycles. The van der Waals surface area contributed by atoms with Crippen LogP contribution in [0.4, 0.5) is 0 Å². The SMILES string of the molecule is CC(C)Oc1ccc(S(=O)(=O)N/N=C/c2ccc(OC(=O)c3ccccc3)cc2)cc1. The standard InChI is InChI=1S/C23H22N2O5S/c1-17(2)29-20-12-14-22(15-13-20)31(27,28)25-24-16-18-8-10-21(11-9-18)30-23(26)19-6-4-3-5-7-19/h3-17,25H,1-2H3/b24-16+. The minimum Gasteiger partial charge on any atom is -0.491 e. The second kappa shape index (κ2) is 9.90. The summed E-state index contributed by atoms with van der Waals surface area (Å²) in [7, 11) is -3.80. The zero-order valence-corrected chi connectivity index (χ0v) is 17.9. The predicted octanol–water partition coefficient (Wildman–Crippen LogP) is 4.01. The van der Waals surface area contributed by atoms with Crippen LogP contribution in [-0.2, 0) is 10.0 Å². The minimum absolute atomic E-state index is 0.00145. The molecule has 0 bridgehead atoms. The van der Waals surface area contributed by atoms with E-state index in [0.717, 1.165) is 0 Å². The predicted molar refractivity (Wildman–Crippen MR) is 118 cm³/mol. The van der Waals surface area contributed by atoms with E-state index in [-0.39, 0.29) is 11.0 Å². The number of benzene rings is 3. The quantitative estimate of drug-likeness (QED) is 0.248. The van der Waals surface area contributed by atoms with Crippen molar-refractivity contribution in [1.29, 1.82) is 0 Å². The Morgan fingerprint density at radius 2 is 1.52 bits per heavy atom. The highest BCUT2D eigenvalue weighted by molar-refractivity contribution is 7.89. The third-order valence-electron chi connectivity index (χ3n) is 3.99. The van der Waals surface area contributed by atoms with Gasteiger partial charge in [0.05, 0.1) is 22.8 Å². The van der Waals surface area contributed by atoms with E-state index in [1.165, 1.54) is 18.3 Å². The fourth-order valence-corrected chi connectivity index (χ4v) is 3.35. The summed E-state index contributed by atoms with van der Waals surface area (Å²) in [4.78, 5) is 14.3. The molecular formula is C23H22N2O5S. The van der Waals surface area contributed by atoms with Gasteiger partial charge in [0.1, 0.15) is 11.5 Å². The first-order chi connectivity index (χ1) is 14.8. The summed E-state index contributed by atoms with van der Waals surface area (Å²) in [6.07, 6.45) is 1.36. The maximum absolute atomic E-state index is 12.3. The molecule has 8 heteroatoms. The summed E-state index contributed by atoms with van der Waals surface area (Å²) in [5.74, 6) is 0.500. The molecule has 0 aliphatic carbocycles. The van der Waals surface area contributed by atoms with Crippen molar-refractivity contribution in [2.24, 2.45) is 5.10 Å². The van der Waals surface area contributed by atoms with Crippen LogP contribution in [-0.4, -0.2) is 26.7 Å². The zero-order valence-electron chi connectivity index (χ0n) is 17.1. The number of rotatable bonds is 8. The molecule has 31 heavy (non-hydrogen) atoms. The normalized spacial score (nSPS) is 11.5. The summed E-state index contributed by atoms with van der Waals surface area (Å²) in [5.41, 5.74) is 1.08. The average molecular weight is 439 g/mol. The second-order valence-corrected chi connectivity index (χ2v) is 8.48. The fourth-order valence-electron chi connectivity index (χ4n) is 2.55. The van der Waals surface area contributed by atoms with E-state index in [1.54, 1.807) is 60.7 Å². The Hall–Kier alpha value is -3.65. The van der Waals surface area contributed by atoms with Crippen LogP contribution in [0.25, 0.3) is 0 Å². The van der Waals surface area contributed by atoms with Crippen LogP contribution in [0.15, 0.2) is 88.9 Å². The van der Waals surface area contributed by atoms with Crippen molar-refractivity contribution in [3.8, 4) is 11.5 Å². The van der Waals surface area contributed by atoms with Crippen LogP contribution in [0.1, 0.15) is 29.8 Å². The van der Waals surface area contributed by atoms with E-state index < -0.39 is 16.0 Å². The highest BCUT2D eigenvalue weighted by Gasteiger charge is 2.13. The molecule has 160 valence electrons. The number of esters is 1. The number of nitrogens with zero attached hydrogens (tertiary/aromatic N) is 1. The topological polar surface area (TPSA) is 94.1 Å². The number of carbonyl (C=O) groups excluding carboxylic acids is 1. The van der Waals surface area contributed by atoms with Crippen LogP contribution in [0.5, 0.6) is 11.5 Å². The first kappa shape index (κ1) is 22.0. The maximum Gasteiger partial charge on any atom is 0.343 e. The summed E-state index contributed by atoms with van der Waals surface area (Å²) < 4.78 is 35.5. The van der Waals surface area contributed by atoms with Gasteiger partial charge in [0.15, 0.2) is 0 Å². The van der Waals surface area contributed by atoms with Gasteiger partial charge in [0.25, 0.3) is 10.0 Å². The number of sulfonamides is 1. The molecular weight excluding hydrogens is 416 g/mol. The lowest BCUT2D eigenvalue weighted by Crippen LogP contribution is -2.18. The third-order valence-corrected chi connectivity index (χ3v) is 5.23. The number of nitrogens with one attached hydrogen (secondary N) is 1. The lowest BCUT2D eigenvalue weighted by Gasteiger charge is -2.10. The van der Waals surface area contributed by atoms with Crippen molar-refractivity contribution in [2.75, 3.05) is 0 Å². The zero-order chi connectivity index (χ0) is 22.3. The Morgan fingerprint density at radius 3 is 2.13 bits per heavy atom. The highest BCUT2D eigenvalue weighted by Crippen LogP contribution is 2.17. The lowest BCUT2D eigenvalue weighted by molar-refractivity contribution is 0.0734. The number of hydrogen-bond acceptors (Lipinski definition) is 6. The molecule has 0 radical (unpaired) electrons. The molecule has 0 amide bonds. The number of ether oxygens (including phenoxy) is 2. The fraction of sp³-hybridized carbons (Fsp3) is 0.130. The molecule has 0 spiro atoms. The molecule has 0 aliphatic heterocycles. The van der Waals surface area contributed by atoms with Gasteiger partial charge in [-0.3, -0.25) is 0 Å². The van der Waals surface area contributed by atoms with E-state index in [0.29, 0.717) is 22.6 Å². The van der Waals surface area contributed by atoms with Crippen molar-refractivity contribution < 1.29 is 22.7 Å². The first-order valence-corrected chi connectivity index (χ1v) is 11.0. The molecule has 0 aliphatic rings. The molecule has 0 saturated carbocycles. The van der Waals surface area contributed by atoms with E-state index in [9.17, 15) is 13.2 Å². The van der Waals surface area contributed by atoms with Crippen LogP contribution in [0.3, 0.4) is 0 Å². The Bertz CT molecular complexity index is 1140. The van der Waals surface area contributed by atoms with Crippen LogP contribution >= 0.6 is 0 Å². The summed E-state index contributed by atoms with van der Waals surface area (Å²) in [6, 6.07) is 21.3. The van der Waals surface area contributed by atoms with E-state index >= 15 is 0 Å². The van der Waals surface area contributed by atoms with E-state index in [2.05, 4.69) is 9.93 Å². The van der Waals surface area contributed by atoms with Crippen molar-refractivity contribution >= 4 is 22.2 Å². The molecule has 0 fully saturated rings. The van der Waals surface area contributed by atoms with Gasteiger partial charge in [-0.2, -0.15) is 13.5 Å². The minimum atomic E-state index is -3.80. The van der Waals surface area contributed by atoms with Crippen molar-refractivity contribution in [3.63, 3.8) is 0 Å². The molecule has 3 aromatic carbocycles. The van der Waals surface area contributed by atoms with Crippen LogP contribution < -0.4 is 14.3 Å². The van der Waals surface area contributed by atoms with Crippen molar-refractivity contribution in [2.45, 2.75) is 24.8 Å². The Labute approximate surface area is 181 Å². The van der Waals surface area contributed by atoms with Crippen LogP contribution in [0.2, 0.25) is 0 Å². The monoisotopic (exact) mass is 438 g/mol. The number of carbonyl (C=O) groups is 1. The molecule has 0 saturated heterocycles. The molecule has 1 N–H and O–H groups in total. The van der Waals surface area contributed by atoms with Crippen molar-refractivity contribution in [3.05, 3.63) is 90.0 Å². The van der Waals surface area contributed by atoms with Gasteiger partial charge in [-0.05, 0) is 80.1 Å². The molecule has 0 heterocycles. The van der Waals surface area contributed by atoms with E-state index in [1.807, 2.05) is 19.9 Å². The number of hydrogen-bond donors (Lipinski definition) is 1. The first-order valence-electron chi connectivity index (χ1n) is 9.52. The maximum atomic E-state index is 12.3. The largest absolute Gasteiger partial charge is 0.491 e. The van der Waals surface area contributed by atoms with Gasteiger partial charge in [-0.15, -0.1) is 0 Å². The summed E-state index contributed by atoms with van der Waals surface area (Å²) in [5, 5.41) is 3.80. The number of hydrazone groups is 1.